The lowest BCUT2D eigenvalue weighted by Crippen LogP contribution is -2.23. The largest absolute Gasteiger partial charge is 0.381 e. The van der Waals surface area contributed by atoms with Crippen molar-refractivity contribution in [3.8, 4) is 0 Å². The lowest BCUT2D eigenvalue weighted by atomic mass is 10.0. The molecule has 0 bridgehead atoms. The first-order chi connectivity index (χ1) is 8.88. The van der Waals surface area contributed by atoms with Crippen LogP contribution in [0.2, 0.25) is 0 Å². The van der Waals surface area contributed by atoms with Crippen LogP contribution in [0.15, 0.2) is 18.3 Å². The topological polar surface area (TPSA) is 39.9 Å². The molecule has 1 atom stereocenters. The van der Waals surface area contributed by atoms with Gasteiger partial charge < -0.3 is 9.30 Å². The number of hydrogen-bond acceptors (Lipinski definition) is 3. The highest BCUT2D eigenvalue weighted by atomic mass is 35.5. The zero-order chi connectivity index (χ0) is 12.4. The smallest absolute Gasteiger partial charge is 0.160 e. The average molecular weight is 266 g/mol. The highest BCUT2D eigenvalue weighted by Gasteiger charge is 2.18. The Balaban J connectivity index is 1.93. The van der Waals surface area contributed by atoms with Crippen molar-refractivity contribution in [2.45, 2.75) is 25.3 Å². The summed E-state index contributed by atoms with van der Waals surface area (Å²) >= 11 is 5.98. The Morgan fingerprint density at radius 3 is 3.22 bits per heavy atom. The van der Waals surface area contributed by atoms with E-state index in [0.29, 0.717) is 11.8 Å². The Bertz CT molecular complexity index is 534. The summed E-state index contributed by atoms with van der Waals surface area (Å²) in [6, 6.07) is 3.88. The summed E-state index contributed by atoms with van der Waals surface area (Å²) in [5, 5.41) is 0. The molecule has 3 heterocycles. The van der Waals surface area contributed by atoms with E-state index in [0.717, 1.165) is 43.2 Å². The minimum Gasteiger partial charge on any atom is -0.381 e. The molecule has 2 aromatic heterocycles. The van der Waals surface area contributed by atoms with E-state index in [1.807, 2.05) is 12.1 Å². The van der Waals surface area contributed by atoms with Crippen molar-refractivity contribution in [2.24, 2.45) is 5.92 Å². The van der Waals surface area contributed by atoms with Gasteiger partial charge in [-0.15, -0.1) is 11.6 Å². The zero-order valence-corrected chi connectivity index (χ0v) is 10.9. The fraction of sp³-hybridized carbons (Fsp3) is 0.538. The van der Waals surface area contributed by atoms with Gasteiger partial charge in [-0.1, -0.05) is 0 Å². The normalized spacial score (nSPS) is 20.4. The third-order valence-corrected chi connectivity index (χ3v) is 3.64. The summed E-state index contributed by atoms with van der Waals surface area (Å²) < 4.78 is 7.67. The molecule has 18 heavy (non-hydrogen) atoms. The Kier molecular flexibility index (Phi) is 3.48. The molecule has 0 amide bonds. The Morgan fingerprint density at radius 1 is 1.50 bits per heavy atom. The minimum atomic E-state index is 0.421. The maximum absolute atomic E-state index is 5.98. The molecule has 0 aromatic carbocycles. The predicted octanol–water partition coefficient (Wildman–Crippen LogP) is 2.60. The summed E-state index contributed by atoms with van der Waals surface area (Å²) in [5.74, 6) is 1.86. The van der Waals surface area contributed by atoms with E-state index in [9.17, 15) is 0 Å². The standard InChI is InChI=1S/C13H16ClN3O/c14-7-12-16-11-4-1-5-15-13(11)17(12)8-10-3-2-6-18-9-10/h1,4-5,10H,2-3,6-9H2. The molecule has 1 aliphatic heterocycles. The van der Waals surface area contributed by atoms with Gasteiger partial charge in [0.2, 0.25) is 0 Å². The summed E-state index contributed by atoms with van der Waals surface area (Å²) in [4.78, 5) is 8.94. The molecule has 4 nitrogen and oxygen atoms in total. The van der Waals surface area contributed by atoms with Crippen LogP contribution in [0.25, 0.3) is 11.2 Å². The van der Waals surface area contributed by atoms with Crippen molar-refractivity contribution in [3.05, 3.63) is 24.2 Å². The highest BCUT2D eigenvalue weighted by Crippen LogP contribution is 2.21. The van der Waals surface area contributed by atoms with Gasteiger partial charge in [0.15, 0.2) is 5.65 Å². The SMILES string of the molecule is ClCc1nc2cccnc2n1CC1CCCOC1. The predicted molar refractivity (Wildman–Crippen MR) is 70.6 cm³/mol. The van der Waals surface area contributed by atoms with Crippen LogP contribution in [0.1, 0.15) is 18.7 Å². The van der Waals surface area contributed by atoms with Crippen LogP contribution in [0.5, 0.6) is 0 Å². The van der Waals surface area contributed by atoms with Crippen molar-refractivity contribution < 1.29 is 4.74 Å². The van der Waals surface area contributed by atoms with Gasteiger partial charge in [0.25, 0.3) is 0 Å². The Hall–Kier alpha value is -1.13. The van der Waals surface area contributed by atoms with Crippen LogP contribution in [-0.4, -0.2) is 27.7 Å². The zero-order valence-electron chi connectivity index (χ0n) is 10.2. The molecule has 1 fully saturated rings. The highest BCUT2D eigenvalue weighted by molar-refractivity contribution is 6.16. The summed E-state index contributed by atoms with van der Waals surface area (Å²) in [5.41, 5.74) is 1.85. The number of hydrogen-bond donors (Lipinski definition) is 0. The molecule has 1 unspecified atom stereocenters. The molecule has 1 saturated heterocycles. The number of aromatic nitrogens is 3. The van der Waals surface area contributed by atoms with E-state index >= 15 is 0 Å². The van der Waals surface area contributed by atoms with Crippen molar-refractivity contribution in [3.63, 3.8) is 0 Å². The quantitative estimate of drug-likeness (QED) is 0.801. The number of rotatable bonds is 3. The second-order valence-corrected chi connectivity index (χ2v) is 4.97. The molecular weight excluding hydrogens is 250 g/mol. The number of pyridine rings is 1. The molecule has 5 heteroatoms. The third-order valence-electron chi connectivity index (χ3n) is 3.40. The van der Waals surface area contributed by atoms with E-state index in [4.69, 9.17) is 16.3 Å². The molecular formula is C13H16ClN3O. The number of fused-ring (bicyclic) bond motifs is 1. The molecule has 0 saturated carbocycles. The minimum absolute atomic E-state index is 0.421. The van der Waals surface area contributed by atoms with Gasteiger partial charge in [-0.05, 0) is 25.0 Å². The number of alkyl halides is 1. The first-order valence-electron chi connectivity index (χ1n) is 6.32. The number of nitrogens with zero attached hydrogens (tertiary/aromatic N) is 3. The monoisotopic (exact) mass is 265 g/mol. The third kappa shape index (κ3) is 2.22. The van der Waals surface area contributed by atoms with Gasteiger partial charge in [-0.25, -0.2) is 9.97 Å². The van der Waals surface area contributed by atoms with Gasteiger partial charge in [-0.2, -0.15) is 0 Å². The lowest BCUT2D eigenvalue weighted by Gasteiger charge is -2.23. The Morgan fingerprint density at radius 2 is 2.44 bits per heavy atom. The molecule has 0 spiro atoms. The van der Waals surface area contributed by atoms with E-state index < -0.39 is 0 Å². The first-order valence-corrected chi connectivity index (χ1v) is 6.86. The lowest BCUT2D eigenvalue weighted by molar-refractivity contribution is 0.0485. The fourth-order valence-electron chi connectivity index (χ4n) is 2.51. The second kappa shape index (κ2) is 5.24. The van der Waals surface area contributed by atoms with Gasteiger partial charge in [0.1, 0.15) is 11.3 Å². The number of ether oxygens (including phenoxy) is 1. The molecule has 96 valence electrons. The molecule has 3 rings (SSSR count). The molecule has 0 aliphatic carbocycles. The van der Waals surface area contributed by atoms with Crippen LogP contribution < -0.4 is 0 Å². The van der Waals surface area contributed by atoms with E-state index in [-0.39, 0.29) is 0 Å². The van der Waals surface area contributed by atoms with Crippen LogP contribution >= 0.6 is 11.6 Å². The van der Waals surface area contributed by atoms with E-state index in [1.54, 1.807) is 6.20 Å². The second-order valence-electron chi connectivity index (χ2n) is 4.70. The molecule has 0 radical (unpaired) electrons. The van der Waals surface area contributed by atoms with Crippen LogP contribution in [0.4, 0.5) is 0 Å². The summed E-state index contributed by atoms with van der Waals surface area (Å²) in [6.07, 6.45) is 4.14. The summed E-state index contributed by atoms with van der Waals surface area (Å²) in [6.45, 7) is 2.62. The molecule has 0 N–H and O–H groups in total. The number of halogens is 1. The maximum atomic E-state index is 5.98. The average Bonchev–Trinajstić information content (AvgIpc) is 2.78. The van der Waals surface area contributed by atoms with Crippen molar-refractivity contribution >= 4 is 22.8 Å². The first kappa shape index (κ1) is 11.9. The number of imidazole rings is 1. The summed E-state index contributed by atoms with van der Waals surface area (Å²) in [7, 11) is 0. The van der Waals surface area contributed by atoms with Crippen LogP contribution in [0, 0.1) is 5.92 Å². The van der Waals surface area contributed by atoms with E-state index in [2.05, 4.69) is 14.5 Å². The van der Waals surface area contributed by atoms with Crippen LogP contribution in [-0.2, 0) is 17.2 Å². The van der Waals surface area contributed by atoms with Crippen LogP contribution in [0.3, 0.4) is 0 Å². The Labute approximate surface area is 111 Å². The van der Waals surface area contributed by atoms with Crippen molar-refractivity contribution in [1.82, 2.24) is 14.5 Å². The van der Waals surface area contributed by atoms with Crippen molar-refractivity contribution in [1.29, 1.82) is 0 Å². The fourth-order valence-corrected chi connectivity index (χ4v) is 2.71. The van der Waals surface area contributed by atoms with Gasteiger partial charge in [0, 0.05) is 25.3 Å². The maximum Gasteiger partial charge on any atom is 0.160 e. The molecule has 1 aliphatic rings. The van der Waals surface area contributed by atoms with Crippen molar-refractivity contribution in [2.75, 3.05) is 13.2 Å². The van der Waals surface area contributed by atoms with E-state index in [1.165, 1.54) is 6.42 Å². The van der Waals surface area contributed by atoms with Gasteiger partial charge in [-0.3, -0.25) is 0 Å². The van der Waals surface area contributed by atoms with Gasteiger partial charge in [0.05, 0.1) is 12.5 Å². The van der Waals surface area contributed by atoms with Gasteiger partial charge >= 0.3 is 0 Å². The molecule has 2 aromatic rings.